The summed E-state index contributed by atoms with van der Waals surface area (Å²) in [6, 6.07) is 6.26. The molecule has 0 unspecified atom stereocenters. The molecule has 1 aromatic heterocycles. The molecule has 0 saturated carbocycles. The van der Waals surface area contributed by atoms with Crippen molar-refractivity contribution in [2.24, 2.45) is 0 Å². The number of hydrogen-bond donors (Lipinski definition) is 1. The minimum absolute atomic E-state index is 0.130. The summed E-state index contributed by atoms with van der Waals surface area (Å²) in [6.07, 6.45) is 2.19. The van der Waals surface area contributed by atoms with E-state index in [-0.39, 0.29) is 24.0 Å². The lowest BCUT2D eigenvalue weighted by atomic mass is 10.2. The second kappa shape index (κ2) is 6.47. The first kappa shape index (κ1) is 17.4. The van der Waals surface area contributed by atoms with Crippen molar-refractivity contribution < 1.29 is 23.1 Å². The lowest BCUT2D eigenvalue weighted by Gasteiger charge is -2.22. The van der Waals surface area contributed by atoms with Crippen LogP contribution in [0.15, 0.2) is 24.3 Å². The van der Waals surface area contributed by atoms with Gasteiger partial charge in [-0.25, -0.2) is 18.2 Å². The number of para-hydroxylation sites is 2. The summed E-state index contributed by atoms with van der Waals surface area (Å²) in [7, 11) is -3.33. The van der Waals surface area contributed by atoms with Crippen LogP contribution < -0.4 is 0 Å². The molecule has 1 fully saturated rings. The molecule has 3 rings (SSSR count). The van der Waals surface area contributed by atoms with E-state index in [2.05, 4.69) is 4.98 Å². The Morgan fingerprint density at radius 2 is 2.04 bits per heavy atom. The maximum Gasteiger partial charge on any atom is 0.326 e. The number of hydrogen-bond acceptors (Lipinski definition) is 5. The molecule has 2 heterocycles. The van der Waals surface area contributed by atoms with Crippen LogP contribution in [0.1, 0.15) is 18.7 Å². The number of carbonyl (C=O) groups is 2. The van der Waals surface area contributed by atoms with E-state index in [0.29, 0.717) is 30.4 Å². The molecule has 1 aliphatic rings. The van der Waals surface area contributed by atoms with E-state index in [1.54, 1.807) is 28.8 Å². The zero-order valence-corrected chi connectivity index (χ0v) is 14.6. The van der Waals surface area contributed by atoms with E-state index in [0.717, 1.165) is 6.26 Å². The van der Waals surface area contributed by atoms with E-state index in [1.165, 1.54) is 4.90 Å². The highest BCUT2D eigenvalue weighted by Crippen LogP contribution is 2.21. The molecule has 1 atom stereocenters. The number of aliphatic carboxylic acids is 1. The first-order valence-corrected chi connectivity index (χ1v) is 9.96. The van der Waals surface area contributed by atoms with Crippen LogP contribution >= 0.6 is 0 Å². The van der Waals surface area contributed by atoms with Gasteiger partial charge in [-0.15, -0.1) is 0 Å². The lowest BCUT2D eigenvalue weighted by Crippen LogP contribution is -2.42. The maximum absolute atomic E-state index is 12.7. The van der Waals surface area contributed by atoms with Gasteiger partial charge in [0.15, 0.2) is 9.84 Å². The third-order valence-corrected chi connectivity index (χ3v) is 5.06. The first-order valence-electron chi connectivity index (χ1n) is 7.90. The Labute approximate surface area is 145 Å². The highest BCUT2D eigenvalue weighted by Gasteiger charge is 2.34. The number of nitrogens with zero attached hydrogens (tertiary/aromatic N) is 3. The highest BCUT2D eigenvalue weighted by molar-refractivity contribution is 7.89. The second-order valence-electron chi connectivity index (χ2n) is 6.26. The number of rotatable bonds is 5. The molecule has 0 spiro atoms. The second-order valence-corrected chi connectivity index (χ2v) is 8.40. The largest absolute Gasteiger partial charge is 0.480 e. The number of likely N-dealkylation sites (tertiary alicyclic amines) is 1. The first-order chi connectivity index (χ1) is 11.8. The van der Waals surface area contributed by atoms with Crippen LogP contribution in [-0.4, -0.2) is 58.7 Å². The smallest absolute Gasteiger partial charge is 0.326 e. The number of aromatic nitrogens is 2. The van der Waals surface area contributed by atoms with Crippen LogP contribution in [0.2, 0.25) is 0 Å². The van der Waals surface area contributed by atoms with Crippen molar-refractivity contribution in [2.75, 3.05) is 12.8 Å². The van der Waals surface area contributed by atoms with Crippen molar-refractivity contribution in [2.45, 2.75) is 31.2 Å². The summed E-state index contributed by atoms with van der Waals surface area (Å²) in [6.45, 7) is 0.263. The SMILES string of the molecule is CS(=O)(=O)Cc1nc2ccccc2n1CC(=O)N1CCC[C@@H]1C(=O)O. The molecule has 1 N–H and O–H groups in total. The summed E-state index contributed by atoms with van der Waals surface area (Å²) in [5, 5.41) is 9.25. The number of carboxylic acid groups (broad SMARTS) is 1. The normalized spacial score (nSPS) is 18.0. The summed E-state index contributed by atoms with van der Waals surface area (Å²) < 4.78 is 24.9. The number of benzene rings is 1. The molecule has 9 heteroatoms. The topological polar surface area (TPSA) is 110 Å². The van der Waals surface area contributed by atoms with E-state index < -0.39 is 21.8 Å². The van der Waals surface area contributed by atoms with Crippen molar-refractivity contribution in [1.82, 2.24) is 14.5 Å². The molecule has 0 aliphatic carbocycles. The molecule has 134 valence electrons. The Morgan fingerprint density at radius 3 is 2.72 bits per heavy atom. The number of fused-ring (bicyclic) bond motifs is 1. The van der Waals surface area contributed by atoms with Crippen molar-refractivity contribution in [1.29, 1.82) is 0 Å². The van der Waals surface area contributed by atoms with Crippen LogP contribution in [0.5, 0.6) is 0 Å². The highest BCUT2D eigenvalue weighted by atomic mass is 32.2. The zero-order valence-electron chi connectivity index (χ0n) is 13.8. The van der Waals surface area contributed by atoms with Crippen molar-refractivity contribution >= 4 is 32.7 Å². The molecular formula is C16H19N3O5S. The van der Waals surface area contributed by atoms with Gasteiger partial charge in [-0.3, -0.25) is 4.79 Å². The molecule has 25 heavy (non-hydrogen) atoms. The third kappa shape index (κ3) is 3.65. The average Bonchev–Trinajstić information content (AvgIpc) is 3.11. The Bertz CT molecular complexity index is 934. The van der Waals surface area contributed by atoms with Gasteiger partial charge in [0.05, 0.1) is 11.0 Å². The summed E-state index contributed by atoms with van der Waals surface area (Å²) >= 11 is 0. The lowest BCUT2D eigenvalue weighted by molar-refractivity contribution is -0.148. The van der Waals surface area contributed by atoms with Crippen LogP contribution in [-0.2, 0) is 31.7 Å². The fraction of sp³-hybridized carbons (Fsp3) is 0.438. The van der Waals surface area contributed by atoms with Crippen molar-refractivity contribution in [3.8, 4) is 0 Å². The van der Waals surface area contributed by atoms with Gasteiger partial charge in [-0.05, 0) is 25.0 Å². The van der Waals surface area contributed by atoms with E-state index in [1.807, 2.05) is 0 Å². The minimum Gasteiger partial charge on any atom is -0.480 e. The van der Waals surface area contributed by atoms with Gasteiger partial charge < -0.3 is 14.6 Å². The van der Waals surface area contributed by atoms with Gasteiger partial charge in [-0.1, -0.05) is 12.1 Å². The number of amides is 1. The molecule has 1 aliphatic heterocycles. The third-order valence-electron chi connectivity index (χ3n) is 4.28. The quantitative estimate of drug-likeness (QED) is 0.833. The number of carboxylic acids is 1. The molecule has 8 nitrogen and oxygen atoms in total. The van der Waals surface area contributed by atoms with Crippen molar-refractivity contribution in [3.63, 3.8) is 0 Å². The molecule has 1 amide bonds. The predicted molar refractivity (Wildman–Crippen MR) is 90.7 cm³/mol. The number of sulfone groups is 1. The Morgan fingerprint density at radius 1 is 1.32 bits per heavy atom. The average molecular weight is 365 g/mol. The Balaban J connectivity index is 1.95. The van der Waals surface area contributed by atoms with Crippen LogP contribution in [0, 0.1) is 0 Å². The van der Waals surface area contributed by atoms with E-state index in [4.69, 9.17) is 0 Å². The molecular weight excluding hydrogens is 346 g/mol. The summed E-state index contributed by atoms with van der Waals surface area (Å²) in [4.78, 5) is 29.6. The Kier molecular flexibility index (Phi) is 4.51. The fourth-order valence-corrected chi connectivity index (χ4v) is 3.88. The Hall–Kier alpha value is -2.42. The van der Waals surface area contributed by atoms with Gasteiger partial charge >= 0.3 is 5.97 Å². The van der Waals surface area contributed by atoms with Gasteiger partial charge in [0.1, 0.15) is 24.2 Å². The fourth-order valence-electron chi connectivity index (χ4n) is 3.19. The van der Waals surface area contributed by atoms with E-state index in [9.17, 15) is 23.1 Å². The number of carbonyl (C=O) groups excluding carboxylic acids is 1. The molecule has 1 saturated heterocycles. The van der Waals surface area contributed by atoms with Crippen LogP contribution in [0.25, 0.3) is 11.0 Å². The molecule has 2 aromatic rings. The predicted octanol–water partition coefficient (Wildman–Crippen LogP) is 0.656. The van der Waals surface area contributed by atoms with Crippen LogP contribution in [0.4, 0.5) is 0 Å². The van der Waals surface area contributed by atoms with Crippen LogP contribution in [0.3, 0.4) is 0 Å². The van der Waals surface area contributed by atoms with Gasteiger partial charge in [0.25, 0.3) is 0 Å². The standard InChI is InChI=1S/C16H19N3O5S/c1-25(23,24)10-14-17-11-5-2-3-6-12(11)19(14)9-15(20)18-8-4-7-13(18)16(21)22/h2-3,5-6,13H,4,7-10H2,1H3,(H,21,22)/t13-/m1/s1. The van der Waals surface area contributed by atoms with Gasteiger partial charge in [-0.2, -0.15) is 0 Å². The molecule has 1 aromatic carbocycles. The molecule has 0 bridgehead atoms. The maximum atomic E-state index is 12.7. The van der Waals surface area contributed by atoms with Gasteiger partial charge in [0.2, 0.25) is 5.91 Å². The summed E-state index contributed by atoms with van der Waals surface area (Å²) in [5.74, 6) is -1.36. The monoisotopic (exact) mass is 365 g/mol. The zero-order chi connectivity index (χ0) is 18.2. The van der Waals surface area contributed by atoms with Crippen molar-refractivity contribution in [3.05, 3.63) is 30.1 Å². The minimum atomic E-state index is -3.33. The summed E-state index contributed by atoms with van der Waals surface area (Å²) in [5.41, 5.74) is 1.26. The molecule has 0 radical (unpaired) electrons. The van der Waals surface area contributed by atoms with E-state index >= 15 is 0 Å². The van der Waals surface area contributed by atoms with Gasteiger partial charge in [0, 0.05) is 12.8 Å². The number of imidazole rings is 1.